The van der Waals surface area contributed by atoms with Gasteiger partial charge in [-0.25, -0.2) is 9.59 Å². The third kappa shape index (κ3) is 2.60. The van der Waals surface area contributed by atoms with E-state index in [4.69, 9.17) is 10.8 Å². The largest absolute Gasteiger partial charge is 0.478 e. The lowest BCUT2D eigenvalue weighted by molar-refractivity contribution is -0.134. The summed E-state index contributed by atoms with van der Waals surface area (Å²) in [6.07, 6.45) is 2.45. The maximum Gasteiger partial charge on any atom is 0.336 e. The first kappa shape index (κ1) is 11.8. The molecular formula is C11H11NO4. The zero-order valence-electron chi connectivity index (χ0n) is 8.64. The summed E-state index contributed by atoms with van der Waals surface area (Å²) in [7, 11) is 1.24. The average molecular weight is 221 g/mol. The van der Waals surface area contributed by atoms with Crippen molar-refractivity contribution >= 4 is 23.7 Å². The van der Waals surface area contributed by atoms with Gasteiger partial charge in [-0.05, 0) is 18.2 Å². The van der Waals surface area contributed by atoms with Gasteiger partial charge in [0.15, 0.2) is 0 Å². The van der Waals surface area contributed by atoms with E-state index in [2.05, 4.69) is 4.74 Å². The zero-order chi connectivity index (χ0) is 12.1. The number of carboxylic acids is 1. The second-order valence-corrected chi connectivity index (χ2v) is 2.97. The van der Waals surface area contributed by atoms with Crippen LogP contribution in [0.3, 0.4) is 0 Å². The Morgan fingerprint density at radius 3 is 2.69 bits per heavy atom. The number of hydrogen-bond acceptors (Lipinski definition) is 4. The summed E-state index contributed by atoms with van der Waals surface area (Å²) < 4.78 is 4.40. The topological polar surface area (TPSA) is 89.6 Å². The van der Waals surface area contributed by atoms with Crippen LogP contribution in [0.15, 0.2) is 24.3 Å². The summed E-state index contributed by atoms with van der Waals surface area (Å²) in [6.45, 7) is 0. The summed E-state index contributed by atoms with van der Waals surface area (Å²) in [5.41, 5.74) is 6.25. The fraction of sp³-hybridized carbons (Fsp3) is 0.0909. The number of ether oxygens (including phenoxy) is 1. The molecule has 0 heterocycles. The van der Waals surface area contributed by atoms with Crippen molar-refractivity contribution in [2.75, 3.05) is 12.8 Å². The van der Waals surface area contributed by atoms with Crippen molar-refractivity contribution in [3.05, 3.63) is 35.4 Å². The van der Waals surface area contributed by atoms with Gasteiger partial charge in [0.05, 0.1) is 12.7 Å². The van der Waals surface area contributed by atoms with Crippen LogP contribution in [0.25, 0.3) is 6.08 Å². The molecule has 0 amide bonds. The first-order valence-electron chi connectivity index (χ1n) is 4.44. The molecule has 84 valence electrons. The minimum absolute atomic E-state index is 0.0418. The van der Waals surface area contributed by atoms with Gasteiger partial charge in [0.1, 0.15) is 0 Å². The summed E-state index contributed by atoms with van der Waals surface area (Å²) in [5.74, 6) is -1.67. The Bertz CT molecular complexity index is 451. The molecule has 1 aromatic rings. The lowest BCUT2D eigenvalue weighted by atomic mass is 10.1. The van der Waals surface area contributed by atoms with Crippen molar-refractivity contribution in [2.24, 2.45) is 0 Å². The highest BCUT2D eigenvalue weighted by Gasteiger charge is 2.10. The quantitative estimate of drug-likeness (QED) is 0.454. The Hall–Kier alpha value is -2.30. The van der Waals surface area contributed by atoms with Gasteiger partial charge in [-0.2, -0.15) is 0 Å². The molecule has 0 unspecified atom stereocenters. The Labute approximate surface area is 92.1 Å². The fourth-order valence-corrected chi connectivity index (χ4v) is 1.17. The molecule has 0 fully saturated rings. The van der Waals surface area contributed by atoms with E-state index in [9.17, 15) is 9.59 Å². The Morgan fingerprint density at radius 2 is 2.12 bits per heavy atom. The summed E-state index contributed by atoms with van der Waals surface area (Å²) in [5, 5.41) is 8.91. The van der Waals surface area contributed by atoms with Crippen molar-refractivity contribution in [3.8, 4) is 0 Å². The first-order chi connectivity index (χ1) is 7.56. The molecule has 1 aromatic carbocycles. The first-order valence-corrected chi connectivity index (χ1v) is 4.44. The molecule has 3 N–H and O–H groups in total. The van der Waals surface area contributed by atoms with Crippen LogP contribution in [0.5, 0.6) is 0 Å². The Morgan fingerprint density at radius 1 is 1.44 bits per heavy atom. The number of rotatable bonds is 3. The monoisotopic (exact) mass is 221 g/mol. The smallest absolute Gasteiger partial charge is 0.336 e. The summed E-state index contributed by atoms with van der Waals surface area (Å²) in [6, 6.07) is 4.51. The Balaban J connectivity index is 3.16. The van der Waals surface area contributed by atoms with Crippen LogP contribution in [0, 0.1) is 0 Å². The molecule has 0 aromatic heterocycles. The third-order valence-corrected chi connectivity index (χ3v) is 1.96. The average Bonchev–Trinajstić information content (AvgIpc) is 2.26. The van der Waals surface area contributed by atoms with E-state index in [1.807, 2.05) is 0 Å². The fourth-order valence-electron chi connectivity index (χ4n) is 1.17. The van der Waals surface area contributed by atoms with E-state index in [-0.39, 0.29) is 5.56 Å². The molecule has 0 bridgehead atoms. The maximum atomic E-state index is 10.9. The molecule has 0 atom stereocenters. The molecule has 0 aliphatic carbocycles. The number of nitrogen functional groups attached to an aromatic ring is 1. The molecule has 0 aliphatic heterocycles. The lowest BCUT2D eigenvalue weighted by Crippen LogP contribution is -2.03. The van der Waals surface area contributed by atoms with Crippen LogP contribution in [-0.4, -0.2) is 24.2 Å². The second kappa shape index (κ2) is 4.97. The standard InChI is InChI=1S/C11H11NO4/c1-16-10(13)6-5-7-8(11(14)15)3-2-4-9(7)12/h2-6H,12H2,1H3,(H,14,15). The molecule has 0 saturated heterocycles. The molecule has 0 saturated carbocycles. The number of carbonyl (C=O) groups excluding carboxylic acids is 1. The predicted molar refractivity (Wildman–Crippen MR) is 58.9 cm³/mol. The SMILES string of the molecule is COC(=O)C=Cc1c(N)cccc1C(=O)O. The van der Waals surface area contributed by atoms with Crippen molar-refractivity contribution in [1.29, 1.82) is 0 Å². The van der Waals surface area contributed by atoms with Crippen LogP contribution >= 0.6 is 0 Å². The van der Waals surface area contributed by atoms with Gasteiger partial charge in [0, 0.05) is 17.3 Å². The van der Waals surface area contributed by atoms with Gasteiger partial charge in [0.25, 0.3) is 0 Å². The number of anilines is 1. The third-order valence-electron chi connectivity index (χ3n) is 1.96. The summed E-state index contributed by atoms with van der Waals surface area (Å²) >= 11 is 0. The molecule has 5 nitrogen and oxygen atoms in total. The highest BCUT2D eigenvalue weighted by Crippen LogP contribution is 2.18. The van der Waals surface area contributed by atoms with E-state index in [0.717, 1.165) is 6.08 Å². The number of methoxy groups -OCH3 is 1. The van der Waals surface area contributed by atoms with Crippen LogP contribution in [0.1, 0.15) is 15.9 Å². The van der Waals surface area contributed by atoms with Gasteiger partial charge in [-0.1, -0.05) is 6.07 Å². The summed E-state index contributed by atoms with van der Waals surface area (Å²) in [4.78, 5) is 21.8. The molecular weight excluding hydrogens is 210 g/mol. The van der Waals surface area contributed by atoms with Gasteiger partial charge in [0.2, 0.25) is 0 Å². The van der Waals surface area contributed by atoms with Crippen molar-refractivity contribution in [2.45, 2.75) is 0 Å². The molecule has 0 aliphatic rings. The van der Waals surface area contributed by atoms with Crippen molar-refractivity contribution < 1.29 is 19.4 Å². The number of carboxylic acid groups (broad SMARTS) is 1. The van der Waals surface area contributed by atoms with E-state index in [0.29, 0.717) is 11.3 Å². The number of aromatic carboxylic acids is 1. The normalized spacial score (nSPS) is 10.3. The second-order valence-electron chi connectivity index (χ2n) is 2.97. The molecule has 0 radical (unpaired) electrons. The molecule has 16 heavy (non-hydrogen) atoms. The Kier molecular flexibility index (Phi) is 3.66. The van der Waals surface area contributed by atoms with Crippen LogP contribution < -0.4 is 5.73 Å². The van der Waals surface area contributed by atoms with Gasteiger partial charge < -0.3 is 15.6 Å². The number of benzene rings is 1. The van der Waals surface area contributed by atoms with Crippen LogP contribution in [0.4, 0.5) is 5.69 Å². The number of hydrogen-bond donors (Lipinski definition) is 2. The molecule has 5 heteroatoms. The minimum atomic E-state index is -1.10. The van der Waals surface area contributed by atoms with Crippen molar-refractivity contribution in [3.63, 3.8) is 0 Å². The van der Waals surface area contributed by atoms with Gasteiger partial charge in [-0.15, -0.1) is 0 Å². The van der Waals surface area contributed by atoms with Gasteiger partial charge >= 0.3 is 11.9 Å². The number of carbonyl (C=O) groups is 2. The number of nitrogens with two attached hydrogens (primary N) is 1. The maximum absolute atomic E-state index is 10.9. The van der Waals surface area contributed by atoms with E-state index in [1.54, 1.807) is 6.07 Å². The van der Waals surface area contributed by atoms with Crippen LogP contribution in [-0.2, 0) is 9.53 Å². The van der Waals surface area contributed by atoms with Crippen LogP contribution in [0.2, 0.25) is 0 Å². The van der Waals surface area contributed by atoms with Gasteiger partial charge in [-0.3, -0.25) is 0 Å². The highest BCUT2D eigenvalue weighted by molar-refractivity contribution is 5.97. The lowest BCUT2D eigenvalue weighted by Gasteiger charge is -2.04. The van der Waals surface area contributed by atoms with E-state index in [1.165, 1.54) is 25.3 Å². The zero-order valence-corrected chi connectivity index (χ0v) is 8.64. The van der Waals surface area contributed by atoms with E-state index >= 15 is 0 Å². The predicted octanol–water partition coefficient (Wildman–Crippen LogP) is 1.15. The van der Waals surface area contributed by atoms with Crippen molar-refractivity contribution in [1.82, 2.24) is 0 Å². The highest BCUT2D eigenvalue weighted by atomic mass is 16.5. The molecule has 1 rings (SSSR count). The minimum Gasteiger partial charge on any atom is -0.478 e. The van der Waals surface area contributed by atoms with E-state index < -0.39 is 11.9 Å². The molecule has 0 spiro atoms. The number of esters is 1.